The molecule has 0 atom stereocenters. The molecule has 0 fully saturated rings. The minimum Gasteiger partial charge on any atom is -0.380 e. The van der Waals surface area contributed by atoms with Crippen LogP contribution in [0.4, 0.5) is 11.4 Å². The molecule has 4 nitrogen and oxygen atoms in total. The molecule has 0 radical (unpaired) electrons. The van der Waals surface area contributed by atoms with Gasteiger partial charge in [0.05, 0.1) is 8.71 Å². The first-order valence-electron chi connectivity index (χ1n) is 5.81. The number of nitro benzene ring substituents is 1. The van der Waals surface area contributed by atoms with E-state index in [4.69, 9.17) is 0 Å². The third kappa shape index (κ3) is 3.39. The van der Waals surface area contributed by atoms with Crippen molar-refractivity contribution in [1.82, 2.24) is 0 Å². The number of nitro groups is 1. The monoisotopic (exact) mass is 418 g/mol. The first-order valence-corrected chi connectivity index (χ1v) is 8.22. The Hall–Kier alpha value is -0.920. The molecule has 0 amide bonds. The second kappa shape index (κ2) is 6.24. The minimum absolute atomic E-state index is 0.145. The van der Waals surface area contributed by atoms with Crippen LogP contribution in [-0.2, 0) is 6.54 Å². The minimum atomic E-state index is -0.349. The molecule has 1 N–H and O–H groups in total. The first-order chi connectivity index (χ1) is 9.38. The molecule has 0 aliphatic carbocycles. The van der Waals surface area contributed by atoms with Crippen LogP contribution in [0.3, 0.4) is 0 Å². The van der Waals surface area contributed by atoms with Gasteiger partial charge in [-0.2, -0.15) is 0 Å². The standard InChI is InChI=1S/C13H12Br2N2O2S/c1-7-3-8(2)12(17(18)19)5-11(7)16-6-9-4-10(14)13(15)20-9/h3-5,16H,6H2,1-2H3. The van der Waals surface area contributed by atoms with Gasteiger partial charge in [0.2, 0.25) is 0 Å². The SMILES string of the molecule is Cc1cc(C)c([N+](=O)[O-])cc1NCc1cc(Br)c(Br)s1. The summed E-state index contributed by atoms with van der Waals surface area (Å²) in [5.74, 6) is 0. The van der Waals surface area contributed by atoms with Crippen LogP contribution in [0, 0.1) is 24.0 Å². The van der Waals surface area contributed by atoms with Crippen LogP contribution < -0.4 is 5.32 Å². The fourth-order valence-electron chi connectivity index (χ4n) is 1.89. The molecule has 0 unspecified atom stereocenters. The average Bonchev–Trinajstić information content (AvgIpc) is 2.67. The highest BCUT2D eigenvalue weighted by Crippen LogP contribution is 2.33. The van der Waals surface area contributed by atoms with Crippen LogP contribution in [0.25, 0.3) is 0 Å². The summed E-state index contributed by atoms with van der Waals surface area (Å²) in [5.41, 5.74) is 2.62. The van der Waals surface area contributed by atoms with E-state index in [0.29, 0.717) is 12.1 Å². The number of hydrogen-bond acceptors (Lipinski definition) is 4. The van der Waals surface area contributed by atoms with E-state index in [1.54, 1.807) is 24.3 Å². The summed E-state index contributed by atoms with van der Waals surface area (Å²) in [6.45, 7) is 4.33. The Morgan fingerprint density at radius 3 is 2.50 bits per heavy atom. The fraction of sp³-hybridized carbons (Fsp3) is 0.231. The van der Waals surface area contributed by atoms with Gasteiger partial charge in [-0.25, -0.2) is 0 Å². The van der Waals surface area contributed by atoms with E-state index in [0.717, 1.165) is 24.4 Å². The summed E-state index contributed by atoms with van der Waals surface area (Å²) in [4.78, 5) is 11.8. The zero-order valence-electron chi connectivity index (χ0n) is 10.9. The first kappa shape index (κ1) is 15.5. The number of nitrogens with one attached hydrogen (secondary N) is 1. The van der Waals surface area contributed by atoms with E-state index in [1.807, 2.05) is 19.1 Å². The van der Waals surface area contributed by atoms with Crippen molar-refractivity contribution in [3.8, 4) is 0 Å². The second-order valence-electron chi connectivity index (χ2n) is 4.40. The summed E-state index contributed by atoms with van der Waals surface area (Å²) in [6.07, 6.45) is 0. The molecular formula is C13H12Br2N2O2S. The molecule has 0 aliphatic rings. The molecule has 2 aromatic rings. The highest BCUT2D eigenvalue weighted by Gasteiger charge is 2.13. The molecule has 0 saturated heterocycles. The van der Waals surface area contributed by atoms with Crippen LogP contribution in [0.5, 0.6) is 0 Å². The zero-order valence-corrected chi connectivity index (χ0v) is 14.9. The van der Waals surface area contributed by atoms with Gasteiger partial charge in [-0.05, 0) is 63.4 Å². The average molecular weight is 420 g/mol. The van der Waals surface area contributed by atoms with E-state index >= 15 is 0 Å². The summed E-state index contributed by atoms with van der Waals surface area (Å²) >= 11 is 8.52. The number of anilines is 1. The Bertz CT molecular complexity index is 651. The lowest BCUT2D eigenvalue weighted by Crippen LogP contribution is -2.02. The van der Waals surface area contributed by atoms with Gasteiger partial charge in [0.15, 0.2) is 0 Å². The predicted molar refractivity (Wildman–Crippen MR) is 89.6 cm³/mol. The van der Waals surface area contributed by atoms with Crippen LogP contribution in [0.1, 0.15) is 16.0 Å². The second-order valence-corrected chi connectivity index (χ2v) is 7.71. The van der Waals surface area contributed by atoms with Gasteiger partial charge < -0.3 is 5.32 Å². The Morgan fingerprint density at radius 2 is 1.95 bits per heavy atom. The smallest absolute Gasteiger partial charge is 0.274 e. The molecule has 2 rings (SSSR count). The van der Waals surface area contributed by atoms with E-state index < -0.39 is 0 Å². The largest absolute Gasteiger partial charge is 0.380 e. The number of halogens is 2. The van der Waals surface area contributed by atoms with Gasteiger partial charge in [0.1, 0.15) is 0 Å². The third-order valence-corrected chi connectivity index (χ3v) is 6.15. The van der Waals surface area contributed by atoms with Crippen LogP contribution >= 0.6 is 43.2 Å². The molecule has 1 heterocycles. The van der Waals surface area contributed by atoms with Crippen LogP contribution in [0.2, 0.25) is 0 Å². The molecule has 7 heteroatoms. The molecule has 20 heavy (non-hydrogen) atoms. The van der Waals surface area contributed by atoms with Gasteiger partial charge in [0, 0.05) is 33.2 Å². The Labute approximate surface area is 137 Å². The summed E-state index contributed by atoms with van der Waals surface area (Å²) in [7, 11) is 0. The van der Waals surface area contributed by atoms with E-state index in [9.17, 15) is 10.1 Å². The summed E-state index contributed by atoms with van der Waals surface area (Å²) < 4.78 is 2.06. The Kier molecular flexibility index (Phi) is 4.82. The number of hydrogen-bond donors (Lipinski definition) is 1. The van der Waals surface area contributed by atoms with Gasteiger partial charge in [-0.3, -0.25) is 10.1 Å². The summed E-state index contributed by atoms with van der Waals surface area (Å²) in [6, 6.07) is 5.46. The van der Waals surface area contributed by atoms with Crippen LogP contribution in [0.15, 0.2) is 26.5 Å². The molecule has 0 aliphatic heterocycles. The topological polar surface area (TPSA) is 55.2 Å². The van der Waals surface area contributed by atoms with Gasteiger partial charge in [-0.1, -0.05) is 0 Å². The number of aryl methyl sites for hydroxylation is 2. The van der Waals surface area contributed by atoms with Crippen molar-refractivity contribution in [1.29, 1.82) is 0 Å². The van der Waals surface area contributed by atoms with Crippen molar-refractivity contribution in [3.05, 3.63) is 52.6 Å². The van der Waals surface area contributed by atoms with Crippen molar-refractivity contribution in [2.24, 2.45) is 0 Å². The van der Waals surface area contributed by atoms with E-state index in [2.05, 4.69) is 37.2 Å². The van der Waals surface area contributed by atoms with E-state index in [-0.39, 0.29) is 10.6 Å². The molecule has 1 aromatic carbocycles. The maximum Gasteiger partial charge on any atom is 0.274 e. The van der Waals surface area contributed by atoms with E-state index in [1.165, 1.54) is 0 Å². The quantitative estimate of drug-likeness (QED) is 0.532. The lowest BCUT2D eigenvalue weighted by atomic mass is 10.1. The highest BCUT2D eigenvalue weighted by molar-refractivity contribution is 9.13. The lowest BCUT2D eigenvalue weighted by Gasteiger charge is -2.09. The normalized spacial score (nSPS) is 10.6. The maximum absolute atomic E-state index is 11.0. The molecule has 1 aromatic heterocycles. The van der Waals surface area contributed by atoms with Crippen LogP contribution in [-0.4, -0.2) is 4.92 Å². The Morgan fingerprint density at radius 1 is 1.25 bits per heavy atom. The molecule has 106 valence electrons. The number of nitrogens with zero attached hydrogens (tertiary/aromatic N) is 1. The van der Waals surface area contributed by atoms with Crippen molar-refractivity contribution in [3.63, 3.8) is 0 Å². The summed E-state index contributed by atoms with van der Waals surface area (Å²) in [5, 5.41) is 14.2. The Balaban J connectivity index is 2.21. The molecule has 0 bridgehead atoms. The van der Waals surface area contributed by atoms with Crippen molar-refractivity contribution >= 4 is 54.6 Å². The zero-order chi connectivity index (χ0) is 14.9. The van der Waals surface area contributed by atoms with Gasteiger partial charge >= 0.3 is 0 Å². The molecule has 0 spiro atoms. The predicted octanol–water partition coefficient (Wildman–Crippen LogP) is 5.41. The third-order valence-electron chi connectivity index (χ3n) is 2.89. The number of thiophene rings is 1. The maximum atomic E-state index is 11.0. The fourth-order valence-corrected chi connectivity index (χ4v) is 4.01. The van der Waals surface area contributed by atoms with Crippen molar-refractivity contribution in [2.75, 3.05) is 5.32 Å². The van der Waals surface area contributed by atoms with Crippen molar-refractivity contribution < 1.29 is 4.92 Å². The molecular weight excluding hydrogens is 408 g/mol. The van der Waals surface area contributed by atoms with Gasteiger partial charge in [-0.15, -0.1) is 11.3 Å². The van der Waals surface area contributed by atoms with Crippen molar-refractivity contribution in [2.45, 2.75) is 20.4 Å². The number of benzene rings is 1. The molecule has 0 saturated carbocycles. The van der Waals surface area contributed by atoms with Gasteiger partial charge in [0.25, 0.3) is 5.69 Å². The lowest BCUT2D eigenvalue weighted by molar-refractivity contribution is -0.385. The number of rotatable bonds is 4. The highest BCUT2D eigenvalue weighted by atomic mass is 79.9.